The lowest BCUT2D eigenvalue weighted by Crippen LogP contribution is -2.50. The summed E-state index contributed by atoms with van der Waals surface area (Å²) in [4.78, 5) is 13.4. The largest absolute Gasteiger partial charge is 0.494 e. The van der Waals surface area contributed by atoms with Crippen molar-refractivity contribution in [1.29, 1.82) is 0 Å². The van der Waals surface area contributed by atoms with Crippen molar-refractivity contribution in [3.8, 4) is 5.75 Å². The summed E-state index contributed by atoms with van der Waals surface area (Å²) in [6, 6.07) is 4.41. The van der Waals surface area contributed by atoms with Gasteiger partial charge in [-0.15, -0.1) is 0 Å². The van der Waals surface area contributed by atoms with Crippen LogP contribution in [0.2, 0.25) is 0 Å². The van der Waals surface area contributed by atoms with Crippen LogP contribution in [0.5, 0.6) is 5.75 Å². The van der Waals surface area contributed by atoms with E-state index >= 15 is 0 Å². The maximum absolute atomic E-state index is 11.3. The summed E-state index contributed by atoms with van der Waals surface area (Å²) in [5, 5.41) is 9.25. The minimum atomic E-state index is -1.11. The molecular formula is C17H24N2O3. The highest BCUT2D eigenvalue weighted by Crippen LogP contribution is 2.32. The standard InChI is InChI=1S/C17H24N2O3/c1-2-22-15-9-13-5-3-4-12(13)8-14(15)10-19-7-6-17(18,11-19)16(20)21/h8-9H,2-7,10-11,18H2,1H3,(H,20,21). The van der Waals surface area contributed by atoms with Crippen LogP contribution in [0.15, 0.2) is 12.1 Å². The van der Waals surface area contributed by atoms with E-state index in [1.54, 1.807) is 0 Å². The molecule has 1 unspecified atom stereocenters. The van der Waals surface area contributed by atoms with E-state index in [1.807, 2.05) is 6.92 Å². The highest BCUT2D eigenvalue weighted by molar-refractivity contribution is 5.79. The molecule has 3 rings (SSSR count). The molecule has 1 atom stereocenters. The van der Waals surface area contributed by atoms with Gasteiger partial charge in [0.25, 0.3) is 0 Å². The first-order valence-corrected chi connectivity index (χ1v) is 8.04. The van der Waals surface area contributed by atoms with Gasteiger partial charge in [0.1, 0.15) is 11.3 Å². The number of ether oxygens (including phenoxy) is 1. The first-order valence-electron chi connectivity index (χ1n) is 8.04. The van der Waals surface area contributed by atoms with Crippen LogP contribution in [-0.4, -0.2) is 41.2 Å². The number of carbonyl (C=O) groups is 1. The first kappa shape index (κ1) is 15.3. The fraction of sp³-hybridized carbons (Fsp3) is 0.588. The Morgan fingerprint density at radius 1 is 1.41 bits per heavy atom. The zero-order valence-corrected chi connectivity index (χ0v) is 13.1. The molecule has 0 radical (unpaired) electrons. The van der Waals surface area contributed by atoms with Gasteiger partial charge in [0.2, 0.25) is 0 Å². The normalized spacial score (nSPS) is 24.5. The topological polar surface area (TPSA) is 75.8 Å². The Morgan fingerprint density at radius 2 is 2.14 bits per heavy atom. The van der Waals surface area contributed by atoms with E-state index in [0.717, 1.165) is 24.2 Å². The lowest BCUT2D eigenvalue weighted by Gasteiger charge is -2.21. The van der Waals surface area contributed by atoms with Gasteiger partial charge >= 0.3 is 5.97 Å². The van der Waals surface area contributed by atoms with Crippen LogP contribution in [0, 0.1) is 0 Å². The molecule has 1 aromatic rings. The van der Waals surface area contributed by atoms with Crippen LogP contribution in [0.3, 0.4) is 0 Å². The van der Waals surface area contributed by atoms with Crippen LogP contribution < -0.4 is 10.5 Å². The van der Waals surface area contributed by atoms with E-state index in [1.165, 1.54) is 17.5 Å². The Morgan fingerprint density at radius 3 is 2.77 bits per heavy atom. The molecule has 5 heteroatoms. The Bertz CT molecular complexity index is 588. The summed E-state index contributed by atoms with van der Waals surface area (Å²) in [5.41, 5.74) is 8.81. The van der Waals surface area contributed by atoms with Gasteiger partial charge in [0.15, 0.2) is 0 Å². The molecule has 0 amide bonds. The second kappa shape index (κ2) is 5.89. The lowest BCUT2D eigenvalue weighted by molar-refractivity contribution is -0.142. The van der Waals surface area contributed by atoms with E-state index in [9.17, 15) is 9.90 Å². The number of carboxylic acids is 1. The summed E-state index contributed by atoms with van der Waals surface area (Å²) in [7, 11) is 0. The number of nitrogens with zero attached hydrogens (tertiary/aromatic N) is 1. The van der Waals surface area contributed by atoms with E-state index in [-0.39, 0.29) is 0 Å². The summed E-state index contributed by atoms with van der Waals surface area (Å²) >= 11 is 0. The maximum atomic E-state index is 11.3. The highest BCUT2D eigenvalue weighted by Gasteiger charge is 2.41. The molecule has 1 aliphatic carbocycles. The molecule has 1 aliphatic heterocycles. The highest BCUT2D eigenvalue weighted by atomic mass is 16.5. The lowest BCUT2D eigenvalue weighted by atomic mass is 10.0. The van der Waals surface area contributed by atoms with Gasteiger partial charge in [0.05, 0.1) is 6.61 Å². The van der Waals surface area contributed by atoms with Crippen molar-refractivity contribution in [3.63, 3.8) is 0 Å². The van der Waals surface area contributed by atoms with Crippen LogP contribution in [0.1, 0.15) is 36.5 Å². The predicted molar refractivity (Wildman–Crippen MR) is 84.1 cm³/mol. The molecule has 1 aromatic carbocycles. The van der Waals surface area contributed by atoms with Crippen molar-refractivity contribution in [1.82, 2.24) is 4.90 Å². The van der Waals surface area contributed by atoms with Crippen molar-refractivity contribution >= 4 is 5.97 Å². The van der Waals surface area contributed by atoms with Crippen LogP contribution >= 0.6 is 0 Å². The molecular weight excluding hydrogens is 280 g/mol. The third kappa shape index (κ3) is 2.83. The minimum Gasteiger partial charge on any atom is -0.494 e. The Labute approximate surface area is 131 Å². The third-order valence-corrected chi connectivity index (χ3v) is 4.77. The van der Waals surface area contributed by atoms with E-state index in [0.29, 0.717) is 32.7 Å². The number of benzene rings is 1. The van der Waals surface area contributed by atoms with Gasteiger partial charge in [-0.25, -0.2) is 0 Å². The molecule has 1 heterocycles. The van der Waals surface area contributed by atoms with Crippen molar-refractivity contribution in [2.75, 3.05) is 19.7 Å². The fourth-order valence-corrected chi connectivity index (χ4v) is 3.53. The number of nitrogens with two attached hydrogens (primary N) is 1. The monoisotopic (exact) mass is 304 g/mol. The van der Waals surface area contributed by atoms with E-state index < -0.39 is 11.5 Å². The first-order chi connectivity index (χ1) is 10.5. The summed E-state index contributed by atoms with van der Waals surface area (Å²) in [6.45, 7) is 4.44. The number of likely N-dealkylation sites (tertiary alicyclic amines) is 1. The Hall–Kier alpha value is -1.59. The SMILES string of the molecule is CCOc1cc2c(cc1CN1CCC(N)(C(=O)O)C1)CCC2. The smallest absolute Gasteiger partial charge is 0.325 e. The number of rotatable bonds is 5. The molecule has 1 fully saturated rings. The van der Waals surface area contributed by atoms with Gasteiger partial charge in [-0.05, 0) is 49.8 Å². The molecule has 120 valence electrons. The molecule has 22 heavy (non-hydrogen) atoms. The molecule has 0 spiro atoms. The fourth-order valence-electron chi connectivity index (χ4n) is 3.53. The second-order valence-electron chi connectivity index (χ2n) is 6.44. The van der Waals surface area contributed by atoms with Gasteiger partial charge in [0, 0.05) is 25.2 Å². The summed E-state index contributed by atoms with van der Waals surface area (Å²) < 4.78 is 5.80. The van der Waals surface area contributed by atoms with Gasteiger partial charge < -0.3 is 15.6 Å². The van der Waals surface area contributed by atoms with E-state index in [2.05, 4.69) is 17.0 Å². The summed E-state index contributed by atoms with van der Waals surface area (Å²) in [5.74, 6) is 0.0296. The summed E-state index contributed by atoms with van der Waals surface area (Å²) in [6.07, 6.45) is 3.96. The molecule has 5 nitrogen and oxygen atoms in total. The Balaban J connectivity index is 1.79. The predicted octanol–water partition coefficient (Wildman–Crippen LogP) is 1.56. The van der Waals surface area contributed by atoms with Gasteiger partial charge in [-0.2, -0.15) is 0 Å². The van der Waals surface area contributed by atoms with Crippen LogP contribution in [-0.2, 0) is 24.2 Å². The van der Waals surface area contributed by atoms with Crippen molar-refractivity contribution in [2.24, 2.45) is 5.73 Å². The van der Waals surface area contributed by atoms with Crippen molar-refractivity contribution in [2.45, 2.75) is 44.7 Å². The maximum Gasteiger partial charge on any atom is 0.325 e. The number of carboxylic acid groups (broad SMARTS) is 1. The van der Waals surface area contributed by atoms with Crippen LogP contribution in [0.4, 0.5) is 0 Å². The minimum absolute atomic E-state index is 0.394. The third-order valence-electron chi connectivity index (χ3n) is 4.77. The molecule has 0 aromatic heterocycles. The zero-order valence-electron chi connectivity index (χ0n) is 13.1. The molecule has 0 bridgehead atoms. The van der Waals surface area contributed by atoms with Gasteiger partial charge in [-0.1, -0.05) is 6.07 Å². The quantitative estimate of drug-likeness (QED) is 0.863. The average Bonchev–Trinajstić information content (AvgIpc) is 3.07. The van der Waals surface area contributed by atoms with Crippen molar-refractivity contribution in [3.05, 3.63) is 28.8 Å². The number of aryl methyl sites for hydroxylation is 2. The average molecular weight is 304 g/mol. The zero-order chi connectivity index (χ0) is 15.7. The van der Waals surface area contributed by atoms with Crippen LogP contribution in [0.25, 0.3) is 0 Å². The second-order valence-corrected chi connectivity index (χ2v) is 6.44. The van der Waals surface area contributed by atoms with E-state index in [4.69, 9.17) is 10.5 Å². The molecule has 1 saturated heterocycles. The molecule has 2 aliphatic rings. The number of fused-ring (bicyclic) bond motifs is 1. The number of hydrogen-bond donors (Lipinski definition) is 2. The Kier molecular flexibility index (Phi) is 4.10. The van der Waals surface area contributed by atoms with Crippen molar-refractivity contribution < 1.29 is 14.6 Å². The molecule has 3 N–H and O–H groups in total. The number of aliphatic carboxylic acids is 1. The number of hydrogen-bond acceptors (Lipinski definition) is 4. The van der Waals surface area contributed by atoms with Gasteiger partial charge in [-0.3, -0.25) is 9.69 Å². The molecule has 0 saturated carbocycles.